The first-order valence-corrected chi connectivity index (χ1v) is 13.8. The molecule has 0 aliphatic rings. The number of nitriles is 1. The van der Waals surface area contributed by atoms with Gasteiger partial charge >= 0.3 is 0 Å². The Bertz CT molecular complexity index is 2600. The molecular formula is C37H20N4O. The van der Waals surface area contributed by atoms with Gasteiger partial charge in [0.1, 0.15) is 17.2 Å². The summed E-state index contributed by atoms with van der Waals surface area (Å²) in [4.78, 5) is 9.70. The lowest BCUT2D eigenvalue weighted by molar-refractivity contribution is 0.670. The van der Waals surface area contributed by atoms with Crippen molar-refractivity contribution in [3.8, 4) is 23.1 Å². The quantitative estimate of drug-likeness (QED) is 0.221. The first kappa shape index (κ1) is 22.8. The van der Waals surface area contributed by atoms with Gasteiger partial charge in [-0.2, -0.15) is 5.26 Å². The van der Waals surface area contributed by atoms with E-state index in [-0.39, 0.29) is 0 Å². The predicted molar refractivity (Wildman–Crippen MR) is 169 cm³/mol. The Morgan fingerprint density at radius 1 is 0.619 bits per heavy atom. The van der Waals surface area contributed by atoms with Gasteiger partial charge in [-0.05, 0) is 52.7 Å². The van der Waals surface area contributed by atoms with Crippen molar-refractivity contribution in [2.24, 2.45) is 0 Å². The number of hydrogen-bond donors (Lipinski definition) is 0. The lowest BCUT2D eigenvalue weighted by atomic mass is 9.99. The molecule has 3 aromatic heterocycles. The summed E-state index contributed by atoms with van der Waals surface area (Å²) >= 11 is 0. The van der Waals surface area contributed by atoms with Crippen molar-refractivity contribution >= 4 is 65.4 Å². The topological polar surface area (TPSA) is 67.6 Å². The summed E-state index contributed by atoms with van der Waals surface area (Å²) in [5.41, 5.74) is 6.93. The number of fused-ring (bicyclic) bond motifs is 9. The third-order valence-electron chi connectivity index (χ3n) is 8.27. The van der Waals surface area contributed by atoms with Crippen LogP contribution in [0.3, 0.4) is 0 Å². The number of para-hydroxylation sites is 3. The Balaban J connectivity index is 1.39. The molecule has 5 heteroatoms. The van der Waals surface area contributed by atoms with E-state index in [1.165, 1.54) is 0 Å². The molecule has 0 bridgehead atoms. The van der Waals surface area contributed by atoms with Crippen LogP contribution < -0.4 is 0 Å². The maximum atomic E-state index is 9.97. The number of benzene rings is 6. The van der Waals surface area contributed by atoms with Crippen LogP contribution in [0.2, 0.25) is 0 Å². The molecule has 9 rings (SSSR count). The summed E-state index contributed by atoms with van der Waals surface area (Å²) in [6.45, 7) is 0. The zero-order valence-corrected chi connectivity index (χ0v) is 22.2. The smallest absolute Gasteiger partial charge is 0.236 e. The SMILES string of the molecule is N#Cc1nc(-n2c3ccc(-c4cccc5c4oc4ccccc45)cc3c3c4ccccc4ccc32)nc2ccccc12. The molecule has 9 aromatic rings. The molecule has 42 heavy (non-hydrogen) atoms. The van der Waals surface area contributed by atoms with Crippen molar-refractivity contribution < 1.29 is 4.42 Å². The second-order valence-corrected chi connectivity index (χ2v) is 10.5. The van der Waals surface area contributed by atoms with Gasteiger partial charge in [0.05, 0.1) is 16.6 Å². The minimum absolute atomic E-state index is 0.361. The molecule has 0 radical (unpaired) electrons. The van der Waals surface area contributed by atoms with Crippen molar-refractivity contribution in [1.82, 2.24) is 14.5 Å². The molecule has 0 N–H and O–H groups in total. The van der Waals surface area contributed by atoms with Crippen LogP contribution in [0.4, 0.5) is 0 Å². The van der Waals surface area contributed by atoms with Crippen LogP contribution in [0.25, 0.3) is 82.5 Å². The molecule has 0 saturated heterocycles. The van der Waals surface area contributed by atoms with Crippen LogP contribution in [0.5, 0.6) is 0 Å². The van der Waals surface area contributed by atoms with Gasteiger partial charge in [0.2, 0.25) is 5.95 Å². The Labute approximate surface area is 239 Å². The van der Waals surface area contributed by atoms with Gasteiger partial charge in [-0.15, -0.1) is 0 Å². The van der Waals surface area contributed by atoms with E-state index in [1.54, 1.807) is 0 Å². The van der Waals surface area contributed by atoms with Gasteiger partial charge in [0.25, 0.3) is 0 Å². The van der Waals surface area contributed by atoms with Gasteiger partial charge in [-0.25, -0.2) is 9.97 Å². The van der Waals surface area contributed by atoms with Crippen LogP contribution in [-0.2, 0) is 0 Å². The van der Waals surface area contributed by atoms with E-state index < -0.39 is 0 Å². The normalized spacial score (nSPS) is 11.8. The fraction of sp³-hybridized carbons (Fsp3) is 0. The summed E-state index contributed by atoms with van der Waals surface area (Å²) in [6.07, 6.45) is 0. The van der Waals surface area contributed by atoms with Crippen molar-refractivity contribution in [2.45, 2.75) is 0 Å². The second kappa shape index (κ2) is 8.50. The van der Waals surface area contributed by atoms with Crippen LogP contribution in [0.15, 0.2) is 126 Å². The van der Waals surface area contributed by atoms with Gasteiger partial charge in [0, 0.05) is 32.5 Å². The van der Waals surface area contributed by atoms with E-state index in [0.717, 1.165) is 76.5 Å². The monoisotopic (exact) mass is 536 g/mol. The van der Waals surface area contributed by atoms with Gasteiger partial charge in [0.15, 0.2) is 5.69 Å². The Kier molecular flexibility index (Phi) is 4.61. The highest BCUT2D eigenvalue weighted by Crippen LogP contribution is 2.41. The molecule has 5 nitrogen and oxygen atoms in total. The van der Waals surface area contributed by atoms with Crippen molar-refractivity contribution in [3.63, 3.8) is 0 Å². The third-order valence-corrected chi connectivity index (χ3v) is 8.27. The summed E-state index contributed by atoms with van der Waals surface area (Å²) in [5, 5.41) is 17.4. The Hall–Kier alpha value is -5.99. The average Bonchev–Trinajstić information content (AvgIpc) is 3.60. The molecule has 3 heterocycles. The van der Waals surface area contributed by atoms with E-state index in [4.69, 9.17) is 14.4 Å². The average molecular weight is 537 g/mol. The lowest BCUT2D eigenvalue weighted by Crippen LogP contribution is -2.03. The predicted octanol–water partition coefficient (Wildman–Crippen LogP) is 9.32. The molecular weight excluding hydrogens is 516 g/mol. The summed E-state index contributed by atoms with van der Waals surface area (Å²) in [5.74, 6) is 0.479. The van der Waals surface area contributed by atoms with Crippen LogP contribution >= 0.6 is 0 Å². The highest BCUT2D eigenvalue weighted by molar-refractivity contribution is 6.22. The van der Waals surface area contributed by atoms with E-state index >= 15 is 0 Å². The largest absolute Gasteiger partial charge is 0.455 e. The Morgan fingerprint density at radius 2 is 1.38 bits per heavy atom. The number of rotatable bonds is 2. The van der Waals surface area contributed by atoms with Crippen LogP contribution in [-0.4, -0.2) is 14.5 Å². The van der Waals surface area contributed by atoms with E-state index in [9.17, 15) is 5.26 Å². The minimum atomic E-state index is 0.361. The lowest BCUT2D eigenvalue weighted by Gasteiger charge is -2.09. The number of furan rings is 1. The second-order valence-electron chi connectivity index (χ2n) is 10.5. The van der Waals surface area contributed by atoms with E-state index in [1.807, 2.05) is 42.5 Å². The van der Waals surface area contributed by atoms with Crippen molar-refractivity contribution in [2.75, 3.05) is 0 Å². The molecule has 0 amide bonds. The minimum Gasteiger partial charge on any atom is -0.455 e. The molecule has 0 fully saturated rings. The standard InChI is InChI=1S/C37H20N4O/c38-21-31-28-11-3-5-14-30(28)39-37(40-31)41-32-18-17-23(20-29(32)35-24-9-2-1-8-22(24)16-19-33(35)41)25-12-7-13-27-26-10-4-6-15-34(26)42-36(25)27/h1-20H. The maximum absolute atomic E-state index is 9.97. The first-order chi connectivity index (χ1) is 20.8. The molecule has 0 unspecified atom stereocenters. The maximum Gasteiger partial charge on any atom is 0.236 e. The summed E-state index contributed by atoms with van der Waals surface area (Å²) in [6, 6.07) is 43.6. The zero-order chi connectivity index (χ0) is 27.8. The highest BCUT2D eigenvalue weighted by Gasteiger charge is 2.20. The molecule has 0 spiro atoms. The molecule has 6 aromatic carbocycles. The van der Waals surface area contributed by atoms with Crippen LogP contribution in [0, 0.1) is 11.3 Å². The van der Waals surface area contributed by atoms with Crippen LogP contribution in [0.1, 0.15) is 5.69 Å². The first-order valence-electron chi connectivity index (χ1n) is 13.8. The number of hydrogen-bond acceptors (Lipinski definition) is 4. The molecule has 194 valence electrons. The van der Waals surface area contributed by atoms with E-state index in [2.05, 4.69) is 89.5 Å². The zero-order valence-electron chi connectivity index (χ0n) is 22.2. The molecule has 0 saturated carbocycles. The summed E-state index contributed by atoms with van der Waals surface area (Å²) < 4.78 is 8.47. The van der Waals surface area contributed by atoms with Crippen molar-refractivity contribution in [1.29, 1.82) is 5.26 Å². The van der Waals surface area contributed by atoms with E-state index in [0.29, 0.717) is 11.6 Å². The number of nitrogens with zero attached hydrogens (tertiary/aromatic N) is 4. The Morgan fingerprint density at radius 3 is 2.29 bits per heavy atom. The highest BCUT2D eigenvalue weighted by atomic mass is 16.3. The summed E-state index contributed by atoms with van der Waals surface area (Å²) in [7, 11) is 0. The molecule has 0 aliphatic heterocycles. The third kappa shape index (κ3) is 3.12. The molecule has 0 atom stereocenters. The van der Waals surface area contributed by atoms with Gasteiger partial charge in [-0.1, -0.05) is 84.9 Å². The number of aromatic nitrogens is 3. The fourth-order valence-electron chi connectivity index (χ4n) is 6.40. The fourth-order valence-corrected chi connectivity index (χ4v) is 6.40. The molecule has 0 aliphatic carbocycles. The van der Waals surface area contributed by atoms with Gasteiger partial charge in [-0.3, -0.25) is 4.57 Å². The van der Waals surface area contributed by atoms with Crippen molar-refractivity contribution in [3.05, 3.63) is 127 Å². The van der Waals surface area contributed by atoms with Gasteiger partial charge < -0.3 is 4.42 Å².